The van der Waals surface area contributed by atoms with Gasteiger partial charge in [0.2, 0.25) is 0 Å². The van der Waals surface area contributed by atoms with E-state index in [1.165, 1.54) is 36.0 Å². The molecule has 0 saturated carbocycles. The van der Waals surface area contributed by atoms with Crippen LogP contribution in [0.15, 0.2) is 58.7 Å². The number of carbonyl (C=O) groups is 1. The SMILES string of the molecule is CC(=O)CC/C=C(C)/C=C/C=C(C)/C=C/C1=C(C)CCCC1C. The molecule has 1 atom stereocenters. The molecule has 1 nitrogen and oxygen atoms in total. The van der Waals surface area contributed by atoms with Gasteiger partial charge in [0.15, 0.2) is 0 Å². The highest BCUT2D eigenvalue weighted by Crippen LogP contribution is 2.30. The summed E-state index contributed by atoms with van der Waals surface area (Å²) < 4.78 is 0. The average molecular weight is 312 g/mol. The van der Waals surface area contributed by atoms with Crippen molar-refractivity contribution in [2.24, 2.45) is 5.92 Å². The number of allylic oxidation sites excluding steroid dienone is 10. The molecule has 1 rings (SSSR count). The maximum absolute atomic E-state index is 10.9. The first kappa shape index (κ1) is 19.4. The summed E-state index contributed by atoms with van der Waals surface area (Å²) in [5.74, 6) is 0.940. The molecule has 126 valence electrons. The predicted molar refractivity (Wildman–Crippen MR) is 101 cm³/mol. The largest absolute Gasteiger partial charge is 0.300 e. The second-order valence-electron chi connectivity index (χ2n) is 6.82. The molecular formula is C22H32O. The molecule has 1 unspecified atom stereocenters. The van der Waals surface area contributed by atoms with Gasteiger partial charge in [0.25, 0.3) is 0 Å². The van der Waals surface area contributed by atoms with E-state index in [4.69, 9.17) is 0 Å². The molecule has 0 aromatic rings. The van der Waals surface area contributed by atoms with Crippen LogP contribution in [-0.4, -0.2) is 5.78 Å². The third-order valence-electron chi connectivity index (χ3n) is 4.42. The highest BCUT2D eigenvalue weighted by Gasteiger charge is 2.14. The lowest BCUT2D eigenvalue weighted by atomic mass is 9.84. The van der Waals surface area contributed by atoms with Gasteiger partial charge in [-0.2, -0.15) is 0 Å². The fourth-order valence-electron chi connectivity index (χ4n) is 2.90. The number of ketones is 1. The summed E-state index contributed by atoms with van der Waals surface area (Å²) in [6, 6.07) is 0. The van der Waals surface area contributed by atoms with Gasteiger partial charge < -0.3 is 4.79 Å². The quantitative estimate of drug-likeness (QED) is 0.490. The lowest BCUT2D eigenvalue weighted by molar-refractivity contribution is -0.116. The summed E-state index contributed by atoms with van der Waals surface area (Å²) in [7, 11) is 0. The Balaban J connectivity index is 2.58. The number of Topliss-reactive ketones (excluding diaryl/α,β-unsaturated/α-hetero) is 1. The molecule has 0 spiro atoms. The van der Waals surface area contributed by atoms with Gasteiger partial charge >= 0.3 is 0 Å². The van der Waals surface area contributed by atoms with Gasteiger partial charge in [0, 0.05) is 6.42 Å². The molecule has 0 radical (unpaired) electrons. The minimum absolute atomic E-state index is 0.250. The summed E-state index contributed by atoms with van der Waals surface area (Å²) in [4.78, 5) is 10.9. The van der Waals surface area contributed by atoms with Crippen LogP contribution < -0.4 is 0 Å². The van der Waals surface area contributed by atoms with E-state index in [1.807, 2.05) is 0 Å². The standard InChI is InChI=1S/C22H32O/c1-17(11-7-14-21(5)23)9-6-10-18(2)15-16-22-19(3)12-8-13-20(22)4/h6,9-11,15-16,19H,7-8,12-14H2,1-5H3/b9-6+,16-15+,17-11+,18-10+. The number of rotatable bonds is 7. The van der Waals surface area contributed by atoms with Gasteiger partial charge in [0.05, 0.1) is 0 Å². The van der Waals surface area contributed by atoms with Crippen molar-refractivity contribution in [2.75, 3.05) is 0 Å². The van der Waals surface area contributed by atoms with E-state index in [0.29, 0.717) is 12.3 Å². The van der Waals surface area contributed by atoms with Crippen LogP contribution in [0.25, 0.3) is 0 Å². The van der Waals surface area contributed by atoms with Crippen LogP contribution in [0.1, 0.15) is 66.7 Å². The van der Waals surface area contributed by atoms with Gasteiger partial charge in [-0.3, -0.25) is 0 Å². The van der Waals surface area contributed by atoms with Crippen molar-refractivity contribution in [1.29, 1.82) is 0 Å². The second-order valence-corrected chi connectivity index (χ2v) is 6.82. The Kier molecular flexibility index (Phi) is 8.61. The van der Waals surface area contributed by atoms with Crippen molar-refractivity contribution < 1.29 is 4.79 Å². The van der Waals surface area contributed by atoms with Crippen molar-refractivity contribution >= 4 is 5.78 Å². The summed E-state index contributed by atoms with van der Waals surface area (Å²) >= 11 is 0. The lowest BCUT2D eigenvalue weighted by Gasteiger charge is -2.22. The van der Waals surface area contributed by atoms with Gasteiger partial charge in [-0.25, -0.2) is 0 Å². The smallest absolute Gasteiger partial charge is 0.130 e. The highest BCUT2D eigenvalue weighted by atomic mass is 16.1. The van der Waals surface area contributed by atoms with Crippen molar-refractivity contribution in [1.82, 2.24) is 0 Å². The zero-order chi connectivity index (χ0) is 17.2. The van der Waals surface area contributed by atoms with Gasteiger partial charge in [-0.1, -0.05) is 60.1 Å². The summed E-state index contributed by atoms with van der Waals surface area (Å²) in [6.45, 7) is 10.5. The summed E-state index contributed by atoms with van der Waals surface area (Å²) in [6.07, 6.45) is 18.3. The first-order valence-corrected chi connectivity index (χ1v) is 8.79. The highest BCUT2D eigenvalue weighted by molar-refractivity contribution is 5.75. The molecule has 0 amide bonds. The number of hydrogen-bond acceptors (Lipinski definition) is 1. The summed E-state index contributed by atoms with van der Waals surface area (Å²) in [5, 5.41) is 0. The predicted octanol–water partition coefficient (Wildman–Crippen LogP) is 6.50. The molecule has 1 aliphatic carbocycles. The average Bonchev–Trinajstić information content (AvgIpc) is 2.46. The molecular weight excluding hydrogens is 280 g/mol. The Morgan fingerprint density at radius 1 is 1.17 bits per heavy atom. The van der Waals surface area contributed by atoms with E-state index >= 15 is 0 Å². The molecule has 1 heteroatoms. The monoisotopic (exact) mass is 312 g/mol. The molecule has 0 fully saturated rings. The molecule has 0 N–H and O–H groups in total. The molecule has 1 aliphatic rings. The Morgan fingerprint density at radius 3 is 2.57 bits per heavy atom. The Labute approximate surface area is 142 Å². The molecule has 0 aromatic carbocycles. The first-order valence-electron chi connectivity index (χ1n) is 8.79. The molecule has 0 aliphatic heterocycles. The Hall–Kier alpha value is -1.63. The third-order valence-corrected chi connectivity index (χ3v) is 4.42. The summed E-state index contributed by atoms with van der Waals surface area (Å²) in [5.41, 5.74) is 5.54. The van der Waals surface area contributed by atoms with Crippen molar-refractivity contribution in [3.63, 3.8) is 0 Å². The second kappa shape index (κ2) is 10.2. The zero-order valence-electron chi connectivity index (χ0n) is 15.5. The van der Waals surface area contributed by atoms with Crippen molar-refractivity contribution in [2.45, 2.75) is 66.7 Å². The van der Waals surface area contributed by atoms with Gasteiger partial charge in [0.1, 0.15) is 5.78 Å². The molecule has 0 bridgehead atoms. The number of carbonyl (C=O) groups excluding carboxylic acids is 1. The lowest BCUT2D eigenvalue weighted by Crippen LogP contribution is -2.06. The van der Waals surface area contributed by atoms with E-state index in [0.717, 1.165) is 6.42 Å². The minimum Gasteiger partial charge on any atom is -0.300 e. The van der Waals surface area contributed by atoms with Crippen LogP contribution in [-0.2, 0) is 4.79 Å². The molecule has 0 aromatic heterocycles. The number of hydrogen-bond donors (Lipinski definition) is 0. The van der Waals surface area contributed by atoms with Crippen molar-refractivity contribution in [3.8, 4) is 0 Å². The van der Waals surface area contributed by atoms with Crippen LogP contribution in [0.2, 0.25) is 0 Å². The maximum Gasteiger partial charge on any atom is 0.130 e. The van der Waals surface area contributed by atoms with Crippen LogP contribution >= 0.6 is 0 Å². The minimum atomic E-state index is 0.250. The van der Waals surface area contributed by atoms with Crippen molar-refractivity contribution in [3.05, 3.63) is 58.7 Å². The molecule has 0 heterocycles. The Morgan fingerprint density at radius 2 is 1.91 bits per heavy atom. The molecule has 0 saturated heterocycles. The van der Waals surface area contributed by atoms with Gasteiger partial charge in [-0.15, -0.1) is 0 Å². The van der Waals surface area contributed by atoms with Crippen LogP contribution in [0.5, 0.6) is 0 Å². The van der Waals surface area contributed by atoms with Crippen LogP contribution in [0, 0.1) is 5.92 Å². The van der Waals surface area contributed by atoms with E-state index < -0.39 is 0 Å². The zero-order valence-corrected chi connectivity index (χ0v) is 15.5. The fourth-order valence-corrected chi connectivity index (χ4v) is 2.90. The van der Waals surface area contributed by atoms with E-state index in [-0.39, 0.29) is 5.78 Å². The maximum atomic E-state index is 10.9. The van der Waals surface area contributed by atoms with E-state index in [2.05, 4.69) is 64.2 Å². The molecule has 23 heavy (non-hydrogen) atoms. The Bertz CT molecular complexity index is 553. The third kappa shape index (κ3) is 7.97. The van der Waals surface area contributed by atoms with Gasteiger partial charge in [-0.05, 0) is 64.9 Å². The first-order chi connectivity index (χ1) is 10.9. The van der Waals surface area contributed by atoms with E-state index in [9.17, 15) is 4.79 Å². The normalized spacial score (nSPS) is 20.8. The van der Waals surface area contributed by atoms with Crippen LogP contribution in [0.3, 0.4) is 0 Å². The topological polar surface area (TPSA) is 17.1 Å². The van der Waals surface area contributed by atoms with Crippen LogP contribution in [0.4, 0.5) is 0 Å². The fraction of sp³-hybridized carbons (Fsp3) is 0.500. The van der Waals surface area contributed by atoms with E-state index in [1.54, 1.807) is 12.5 Å².